The molecule has 5 nitrogen and oxygen atoms in total. The first kappa shape index (κ1) is 26.2. The van der Waals surface area contributed by atoms with E-state index in [1.807, 2.05) is 65.3 Å². The Balaban J connectivity index is 0.00000324. The molecule has 0 aliphatic carbocycles. The van der Waals surface area contributed by atoms with Crippen molar-refractivity contribution in [2.75, 3.05) is 0 Å². The smallest absolute Gasteiger partial charge is 0.520 e. The molecule has 4 rings (SSSR count). The molecule has 4 aromatic rings. The first-order valence-electron chi connectivity index (χ1n) is 12.0. The molecule has 2 atom stereocenters. The average molecular weight is 449 g/mol. The van der Waals surface area contributed by atoms with Gasteiger partial charge in [0.1, 0.15) is 11.7 Å². The van der Waals surface area contributed by atoms with Crippen molar-refractivity contribution >= 4 is 11.0 Å². The molecule has 0 N–H and O–H groups in total. The third-order valence-electron chi connectivity index (χ3n) is 6.49. The molecular weight excluding hydrogens is 415 g/mol. The summed E-state index contributed by atoms with van der Waals surface area (Å²) in [5.74, 6) is 0.273. The molecule has 1 aromatic heterocycles. The number of nitrogens with zero attached hydrogens (tertiary/aromatic N) is 4. The van der Waals surface area contributed by atoms with Crippen LogP contribution in [-0.4, -0.2) is 15.0 Å². The van der Waals surface area contributed by atoms with Gasteiger partial charge >= 0.3 is 18.9 Å². The second-order valence-electron chi connectivity index (χ2n) is 8.72. The van der Waals surface area contributed by atoms with Crippen LogP contribution in [-0.2, 0) is 10.4 Å². The Bertz CT molecular complexity index is 1090. The fourth-order valence-corrected chi connectivity index (χ4v) is 4.38. The summed E-state index contributed by atoms with van der Waals surface area (Å²) in [5, 5.41) is 8.89. The minimum atomic E-state index is -0.653. The first-order chi connectivity index (χ1) is 16.2. The van der Waals surface area contributed by atoms with Crippen molar-refractivity contribution in [3.63, 3.8) is 0 Å². The van der Waals surface area contributed by atoms with Gasteiger partial charge in [0.25, 0.3) is 0 Å². The maximum Gasteiger partial charge on any atom is 1.00 e. The first-order valence-corrected chi connectivity index (χ1v) is 12.0. The van der Waals surface area contributed by atoms with E-state index in [2.05, 4.69) is 55.3 Å². The maximum atomic E-state index is 6.50. The Labute approximate surface area is 215 Å². The van der Waals surface area contributed by atoms with Crippen LogP contribution in [0, 0.1) is 5.92 Å². The van der Waals surface area contributed by atoms with Gasteiger partial charge in [0, 0.05) is 5.92 Å². The molecule has 0 fully saturated rings. The van der Waals surface area contributed by atoms with Crippen LogP contribution < -0.4 is 18.9 Å². The molecule has 0 aliphatic heterocycles. The van der Waals surface area contributed by atoms with Crippen molar-refractivity contribution in [2.45, 2.75) is 58.2 Å². The van der Waals surface area contributed by atoms with Gasteiger partial charge in [-0.05, 0) is 25.0 Å². The zero-order valence-corrected chi connectivity index (χ0v) is 20.8. The Kier molecular flexibility index (Phi) is 9.50. The molecule has 0 aliphatic rings. The van der Waals surface area contributed by atoms with Gasteiger partial charge in [0.2, 0.25) is 0 Å². The molecule has 3 aromatic carbocycles. The Morgan fingerprint density at radius 2 is 1.47 bits per heavy atom. The third-order valence-corrected chi connectivity index (χ3v) is 6.49. The van der Waals surface area contributed by atoms with E-state index in [4.69, 9.17) is 10.3 Å². The minimum Gasteiger partial charge on any atom is -0.520 e. The predicted octanol–water partition coefficient (Wildman–Crippen LogP) is 4.42. The van der Waals surface area contributed by atoms with E-state index >= 15 is 0 Å². The van der Waals surface area contributed by atoms with Crippen LogP contribution in [0.4, 0.5) is 0 Å². The summed E-state index contributed by atoms with van der Waals surface area (Å²) in [4.78, 5) is 6.50. The zero-order valence-electron chi connectivity index (χ0n) is 20.8. The van der Waals surface area contributed by atoms with Crippen molar-refractivity contribution in [1.82, 2.24) is 15.0 Å². The van der Waals surface area contributed by atoms with Gasteiger partial charge in [-0.3, -0.25) is 0 Å². The van der Waals surface area contributed by atoms with Gasteiger partial charge in [-0.15, -0.1) is 5.10 Å². The second kappa shape index (κ2) is 12.3. The number of benzene rings is 3. The predicted molar refractivity (Wildman–Crippen MR) is 134 cm³/mol. The van der Waals surface area contributed by atoms with E-state index in [1.54, 1.807) is 0 Å². The maximum absolute atomic E-state index is 6.50. The van der Waals surface area contributed by atoms with E-state index in [9.17, 15) is 0 Å². The van der Waals surface area contributed by atoms with Gasteiger partial charge < -0.3 is 10.3 Å². The summed E-state index contributed by atoms with van der Waals surface area (Å²) < 4.78 is 1.92. The molecule has 6 heteroatoms. The zero-order chi connectivity index (χ0) is 23.1. The van der Waals surface area contributed by atoms with Crippen molar-refractivity contribution in [3.05, 3.63) is 102 Å². The van der Waals surface area contributed by atoms with E-state index in [0.717, 1.165) is 47.8 Å². The van der Waals surface area contributed by atoms with E-state index in [0.29, 0.717) is 0 Å². The van der Waals surface area contributed by atoms with Gasteiger partial charge in [-0.1, -0.05) is 128 Å². The van der Waals surface area contributed by atoms with Gasteiger partial charge in [-0.2, -0.15) is 0 Å². The van der Waals surface area contributed by atoms with Gasteiger partial charge in [-0.25, -0.2) is 4.68 Å². The van der Waals surface area contributed by atoms with Crippen LogP contribution in [0.15, 0.2) is 84.9 Å². The van der Waals surface area contributed by atoms with Crippen molar-refractivity contribution in [2.24, 2.45) is 5.92 Å². The number of hydroxylamine groups is 1. The molecule has 0 saturated heterocycles. The van der Waals surface area contributed by atoms with Crippen LogP contribution in [0.1, 0.15) is 63.8 Å². The number of rotatable bonds is 11. The molecule has 34 heavy (non-hydrogen) atoms. The third kappa shape index (κ3) is 5.62. The fraction of sp³-hybridized carbons (Fsp3) is 0.357. The SMILES string of the molecule is CCCCC(CC)C(O[N-]C(C)(c1ccccc1)c1ccccc1)n1nnc2ccccc21.[Li+]. The molecular formula is C28H33LiN4O. The molecule has 0 saturated carbocycles. The Morgan fingerprint density at radius 1 is 0.882 bits per heavy atom. The van der Waals surface area contributed by atoms with Gasteiger partial charge in [0.05, 0.1) is 5.52 Å². The summed E-state index contributed by atoms with van der Waals surface area (Å²) in [6, 6.07) is 28.7. The molecule has 0 radical (unpaired) electrons. The average Bonchev–Trinajstić information content (AvgIpc) is 3.31. The molecule has 172 valence electrons. The quantitative estimate of drug-likeness (QED) is 0.252. The van der Waals surface area contributed by atoms with E-state index < -0.39 is 5.54 Å². The molecule has 0 amide bonds. The summed E-state index contributed by atoms with van der Waals surface area (Å²) in [6.45, 7) is 6.55. The van der Waals surface area contributed by atoms with Crippen molar-refractivity contribution < 1.29 is 23.7 Å². The van der Waals surface area contributed by atoms with E-state index in [1.165, 1.54) is 0 Å². The van der Waals surface area contributed by atoms with Crippen LogP contribution in [0.3, 0.4) is 0 Å². The van der Waals surface area contributed by atoms with Gasteiger partial charge in [0.15, 0.2) is 0 Å². The number of fused-ring (bicyclic) bond motifs is 1. The second-order valence-corrected chi connectivity index (χ2v) is 8.72. The van der Waals surface area contributed by atoms with Crippen molar-refractivity contribution in [3.8, 4) is 0 Å². The monoisotopic (exact) mass is 448 g/mol. The molecule has 2 unspecified atom stereocenters. The van der Waals surface area contributed by atoms with Crippen LogP contribution in [0.5, 0.6) is 0 Å². The standard InChI is InChI=1S/C28H33N4O.Li/c1-4-6-15-22(5-2)27(32-26-21-14-13-20-25(26)29-31-32)33-30-28(3,23-16-9-7-10-17-23)24-18-11-8-12-19-24;/h7-14,16-22,27H,4-6,15H2,1-3H3;/q-1;+1. The fourth-order valence-electron chi connectivity index (χ4n) is 4.38. The normalized spacial score (nSPS) is 13.4. The van der Waals surface area contributed by atoms with Crippen LogP contribution in [0.2, 0.25) is 0 Å². The largest absolute Gasteiger partial charge is 1.00 e. The summed E-state index contributed by atoms with van der Waals surface area (Å²) >= 11 is 0. The van der Waals surface area contributed by atoms with E-state index in [-0.39, 0.29) is 31.0 Å². The van der Waals surface area contributed by atoms with Crippen LogP contribution in [0.25, 0.3) is 16.5 Å². The number of para-hydroxylation sites is 1. The number of aromatic nitrogens is 3. The molecule has 0 bridgehead atoms. The molecule has 1 heterocycles. The summed E-state index contributed by atoms with van der Waals surface area (Å²) in [7, 11) is 0. The van der Waals surface area contributed by atoms with Crippen molar-refractivity contribution in [1.29, 1.82) is 0 Å². The number of unbranched alkanes of at least 4 members (excludes halogenated alkanes) is 1. The number of hydrogen-bond donors (Lipinski definition) is 0. The Hall–Kier alpha value is -2.42. The molecule has 0 spiro atoms. The summed E-state index contributed by atoms with van der Waals surface area (Å²) in [5.41, 5.74) is 8.29. The topological polar surface area (TPSA) is 54.0 Å². The summed E-state index contributed by atoms with van der Waals surface area (Å²) in [6.07, 6.45) is 3.97. The Morgan fingerprint density at radius 3 is 2.06 bits per heavy atom. The number of hydrogen-bond acceptors (Lipinski definition) is 3. The van der Waals surface area contributed by atoms with Crippen LogP contribution >= 0.6 is 0 Å². The minimum absolute atomic E-state index is 0.